The van der Waals surface area contributed by atoms with Crippen LogP contribution < -0.4 is 4.57 Å². The molecule has 0 spiro atoms. The molecule has 8 heteroatoms. The Morgan fingerprint density at radius 1 is 0.789 bits per heavy atom. The van der Waals surface area contributed by atoms with Crippen LogP contribution in [0.5, 0.6) is 0 Å². The Morgan fingerprint density at radius 2 is 1.45 bits per heavy atom. The van der Waals surface area contributed by atoms with E-state index >= 15 is 0 Å². The molecule has 0 unspecified atom stereocenters. The Bertz CT molecular complexity index is 1610. The summed E-state index contributed by atoms with van der Waals surface area (Å²) in [5, 5.41) is 6.02. The Labute approximate surface area is 220 Å². The number of fused-ring (bicyclic) bond motifs is 1. The van der Waals surface area contributed by atoms with Gasteiger partial charge in [-0.1, -0.05) is 77.9 Å². The Balaban J connectivity index is 1.69. The predicted octanol–water partition coefficient (Wildman–Crippen LogP) is 7.11. The number of hydrogen-bond acceptors (Lipinski definition) is 2. The van der Waals surface area contributed by atoms with E-state index < -0.39 is 11.9 Å². The maximum atomic E-state index is 13.3. The van der Waals surface area contributed by atoms with Crippen LogP contribution in [-0.2, 0) is 17.0 Å². The van der Waals surface area contributed by atoms with Crippen LogP contribution in [0, 0.1) is 6.33 Å². The number of nitrogens with one attached hydrogen (secondary N) is 1. The van der Waals surface area contributed by atoms with E-state index in [-0.39, 0.29) is 16.5 Å². The van der Waals surface area contributed by atoms with Crippen molar-refractivity contribution in [3.8, 4) is 22.9 Å². The number of nitrogens with zero attached hydrogens (tertiary/aromatic N) is 4. The van der Waals surface area contributed by atoms with E-state index in [0.29, 0.717) is 11.5 Å². The Kier molecular flexibility index (Phi) is 5.97. The first-order chi connectivity index (χ1) is 17.7. The van der Waals surface area contributed by atoms with E-state index in [9.17, 15) is 13.2 Å². The highest BCUT2D eigenvalue weighted by molar-refractivity contribution is 5.74. The highest BCUT2D eigenvalue weighted by Gasteiger charge is 2.33. The lowest BCUT2D eigenvalue weighted by molar-refractivity contribution is -0.572. The molecule has 0 amide bonds. The van der Waals surface area contributed by atoms with E-state index in [0.717, 1.165) is 28.4 Å². The van der Waals surface area contributed by atoms with E-state index in [2.05, 4.69) is 82.3 Å². The zero-order valence-corrected chi connectivity index (χ0v) is 22.3. The molecule has 2 aromatic carbocycles. The molecule has 0 atom stereocenters. The van der Waals surface area contributed by atoms with Gasteiger partial charge in [-0.15, -0.1) is 0 Å². The SMILES string of the molecule is CC(C)(C)c1ccc(-[n+]2[c-]n(-c3cc(C(C)(C)C)cc(-c4cc(C(F)(F)F)[nH]n4)n3)c3ccccc32)cc1. The molecule has 0 bridgehead atoms. The maximum absolute atomic E-state index is 13.3. The van der Waals surface area contributed by atoms with Crippen LogP contribution in [0.3, 0.4) is 0 Å². The number of halogens is 3. The summed E-state index contributed by atoms with van der Waals surface area (Å²) in [4.78, 5) is 4.75. The highest BCUT2D eigenvalue weighted by atomic mass is 19.4. The molecule has 5 aromatic rings. The molecule has 0 fully saturated rings. The lowest BCUT2D eigenvalue weighted by atomic mass is 9.87. The molecule has 3 aromatic heterocycles. The zero-order valence-electron chi connectivity index (χ0n) is 22.3. The smallest absolute Gasteiger partial charge is 0.292 e. The lowest BCUT2D eigenvalue weighted by Crippen LogP contribution is -2.29. The number of aromatic nitrogens is 5. The number of pyridine rings is 1. The minimum atomic E-state index is -4.52. The number of H-pyrrole nitrogens is 1. The van der Waals surface area contributed by atoms with Crippen molar-refractivity contribution >= 4 is 11.0 Å². The number of rotatable bonds is 3. The van der Waals surface area contributed by atoms with E-state index in [1.807, 2.05) is 39.5 Å². The molecule has 5 nitrogen and oxygen atoms in total. The molecular weight excluding hydrogens is 487 g/mol. The third-order valence-electron chi connectivity index (χ3n) is 6.61. The average molecular weight is 518 g/mol. The summed E-state index contributed by atoms with van der Waals surface area (Å²) in [7, 11) is 0. The van der Waals surface area contributed by atoms with Crippen molar-refractivity contribution in [3.05, 3.63) is 89.9 Å². The van der Waals surface area contributed by atoms with Crippen LogP contribution in [0.25, 0.3) is 33.9 Å². The van der Waals surface area contributed by atoms with Crippen LogP contribution in [0.1, 0.15) is 58.4 Å². The van der Waals surface area contributed by atoms with Gasteiger partial charge in [-0.25, -0.2) is 4.98 Å². The summed E-state index contributed by atoms with van der Waals surface area (Å²) >= 11 is 0. The van der Waals surface area contributed by atoms with Crippen LogP contribution in [0.4, 0.5) is 13.2 Å². The van der Waals surface area contributed by atoms with Gasteiger partial charge in [0.2, 0.25) is 0 Å². The van der Waals surface area contributed by atoms with Gasteiger partial charge in [0.25, 0.3) is 6.33 Å². The van der Waals surface area contributed by atoms with E-state index in [1.54, 1.807) is 6.07 Å². The molecule has 0 aliphatic carbocycles. The first-order valence-electron chi connectivity index (χ1n) is 12.4. The van der Waals surface area contributed by atoms with E-state index in [4.69, 9.17) is 4.98 Å². The molecule has 1 N–H and O–H groups in total. The summed E-state index contributed by atoms with van der Waals surface area (Å²) in [5.74, 6) is 0.547. The maximum Gasteiger partial charge on any atom is 0.432 e. The summed E-state index contributed by atoms with van der Waals surface area (Å²) in [6.45, 7) is 12.7. The fraction of sp³-hybridized carbons (Fsp3) is 0.300. The Morgan fingerprint density at radius 3 is 2.05 bits per heavy atom. The second kappa shape index (κ2) is 8.82. The normalized spacial score (nSPS) is 12.9. The molecule has 0 saturated heterocycles. The Hall–Kier alpha value is -3.94. The van der Waals surface area contributed by atoms with Crippen molar-refractivity contribution in [3.63, 3.8) is 0 Å². The second-order valence-corrected chi connectivity index (χ2v) is 11.6. The van der Waals surface area contributed by atoms with Gasteiger partial charge in [-0.05, 0) is 52.3 Å². The summed E-state index contributed by atoms with van der Waals surface area (Å²) in [6, 6.07) is 21.0. The van der Waals surface area contributed by atoms with Crippen molar-refractivity contribution < 1.29 is 17.7 Å². The third kappa shape index (κ3) is 4.83. The number of imidazole rings is 1. The quantitative estimate of drug-likeness (QED) is 0.205. The summed E-state index contributed by atoms with van der Waals surface area (Å²) in [5.41, 5.74) is 4.22. The van der Waals surface area contributed by atoms with Gasteiger partial charge in [0.15, 0.2) is 5.82 Å². The fourth-order valence-electron chi connectivity index (χ4n) is 4.32. The molecule has 0 aliphatic rings. The zero-order chi connectivity index (χ0) is 27.5. The number of para-hydroxylation sites is 2. The largest absolute Gasteiger partial charge is 0.432 e. The fourth-order valence-corrected chi connectivity index (χ4v) is 4.32. The minimum absolute atomic E-state index is 0.0346. The van der Waals surface area contributed by atoms with Gasteiger partial charge >= 0.3 is 6.18 Å². The summed E-state index contributed by atoms with van der Waals surface area (Å²) < 4.78 is 43.6. The van der Waals surface area contributed by atoms with Crippen molar-refractivity contribution in [1.82, 2.24) is 19.7 Å². The molecule has 0 aliphatic heterocycles. The van der Waals surface area contributed by atoms with Crippen molar-refractivity contribution in [2.24, 2.45) is 0 Å². The first kappa shape index (κ1) is 25.7. The molecule has 5 rings (SSSR count). The van der Waals surface area contributed by atoms with Gasteiger partial charge in [-0.3, -0.25) is 14.2 Å². The lowest BCUT2D eigenvalue weighted by Gasteiger charge is -2.21. The average Bonchev–Trinajstić information content (AvgIpc) is 3.49. The van der Waals surface area contributed by atoms with Gasteiger partial charge in [0.05, 0.1) is 22.4 Å². The topological polar surface area (TPSA) is 50.4 Å². The predicted molar refractivity (Wildman–Crippen MR) is 141 cm³/mol. The van der Waals surface area contributed by atoms with Gasteiger partial charge in [-0.2, -0.15) is 18.3 Å². The van der Waals surface area contributed by atoms with Crippen LogP contribution in [-0.4, -0.2) is 19.7 Å². The molecular formula is C30H30F3N5. The molecule has 38 heavy (non-hydrogen) atoms. The number of benzene rings is 2. The number of hydrogen-bond donors (Lipinski definition) is 1. The van der Waals surface area contributed by atoms with Crippen molar-refractivity contribution in [1.29, 1.82) is 0 Å². The number of alkyl halides is 3. The molecule has 3 heterocycles. The standard InChI is InChI=1S/C30H30F3N5/c1-28(2,3)19-11-13-21(14-12-19)37-18-38(25-10-8-7-9-24(25)37)27-16-20(29(4,5)6)15-22(34-27)23-17-26(36-35-23)30(31,32)33/h7-17H,1-6H3,(H,35,36). The van der Waals surface area contributed by atoms with Crippen LogP contribution in [0.2, 0.25) is 0 Å². The van der Waals surface area contributed by atoms with Gasteiger partial charge < -0.3 is 0 Å². The van der Waals surface area contributed by atoms with Crippen LogP contribution >= 0.6 is 0 Å². The van der Waals surface area contributed by atoms with Gasteiger partial charge in [0, 0.05) is 0 Å². The van der Waals surface area contributed by atoms with Gasteiger partial charge in [0.1, 0.15) is 11.4 Å². The highest BCUT2D eigenvalue weighted by Crippen LogP contribution is 2.33. The second-order valence-electron chi connectivity index (χ2n) is 11.6. The minimum Gasteiger partial charge on any atom is -0.292 e. The van der Waals surface area contributed by atoms with E-state index in [1.165, 1.54) is 5.56 Å². The number of aromatic amines is 1. The van der Waals surface area contributed by atoms with Crippen molar-refractivity contribution in [2.45, 2.75) is 58.5 Å². The van der Waals surface area contributed by atoms with Crippen molar-refractivity contribution in [2.75, 3.05) is 0 Å². The monoisotopic (exact) mass is 517 g/mol. The third-order valence-corrected chi connectivity index (χ3v) is 6.61. The van der Waals surface area contributed by atoms with Crippen LogP contribution in [0.15, 0.2) is 66.7 Å². The molecule has 0 radical (unpaired) electrons. The summed E-state index contributed by atoms with van der Waals surface area (Å²) in [6.07, 6.45) is -1.09. The first-order valence-corrected chi connectivity index (χ1v) is 12.4. The molecule has 196 valence electrons. The molecule has 0 saturated carbocycles.